The maximum Gasteiger partial charge on any atom is 0.323 e. The van der Waals surface area contributed by atoms with E-state index in [1.807, 2.05) is 32.0 Å². The molecule has 2 aromatic carbocycles. The molecule has 7 heteroatoms. The Morgan fingerprint density at radius 1 is 0.846 bits per heavy atom. The zero-order valence-electron chi connectivity index (χ0n) is 14.7. The summed E-state index contributed by atoms with van der Waals surface area (Å²) in [4.78, 5) is 35.5. The third-order valence-electron chi connectivity index (χ3n) is 3.30. The molecule has 2 aromatic rings. The van der Waals surface area contributed by atoms with Gasteiger partial charge in [0, 0.05) is 23.0 Å². The fraction of sp³-hybridized carbons (Fsp3) is 0.211. The molecular weight excluding hydrogens is 332 g/mol. The molecule has 136 valence electrons. The first kappa shape index (κ1) is 19.0. The van der Waals surface area contributed by atoms with Gasteiger partial charge in [-0.2, -0.15) is 0 Å². The van der Waals surface area contributed by atoms with E-state index in [1.165, 1.54) is 0 Å². The second-order valence-electron chi connectivity index (χ2n) is 5.93. The summed E-state index contributed by atoms with van der Waals surface area (Å²) in [5.74, 6) is -0.603. The van der Waals surface area contributed by atoms with Crippen molar-refractivity contribution in [3.63, 3.8) is 0 Å². The molecule has 0 aliphatic heterocycles. The topological polar surface area (TPSA) is 99.3 Å². The van der Waals surface area contributed by atoms with Gasteiger partial charge in [-0.25, -0.2) is 4.79 Å². The number of hydrogen-bond donors (Lipinski definition) is 4. The van der Waals surface area contributed by atoms with E-state index in [4.69, 9.17) is 0 Å². The highest BCUT2D eigenvalue weighted by molar-refractivity contribution is 6.00. The van der Waals surface area contributed by atoms with E-state index >= 15 is 0 Å². The number of nitrogens with one attached hydrogen (secondary N) is 4. The second kappa shape index (κ2) is 9.22. The van der Waals surface area contributed by atoms with Crippen molar-refractivity contribution in [3.8, 4) is 0 Å². The summed E-state index contributed by atoms with van der Waals surface area (Å²) in [7, 11) is 0. The average Bonchev–Trinajstić information content (AvgIpc) is 2.60. The molecule has 0 heterocycles. The van der Waals surface area contributed by atoms with Gasteiger partial charge < -0.3 is 21.3 Å². The van der Waals surface area contributed by atoms with Crippen LogP contribution in [-0.2, 0) is 4.79 Å². The summed E-state index contributed by atoms with van der Waals surface area (Å²) in [6.07, 6.45) is 0. The normalized spacial score (nSPS) is 10.1. The second-order valence-corrected chi connectivity index (χ2v) is 5.93. The molecule has 26 heavy (non-hydrogen) atoms. The van der Waals surface area contributed by atoms with Crippen molar-refractivity contribution in [2.45, 2.75) is 19.9 Å². The molecule has 0 bridgehead atoms. The number of benzene rings is 2. The van der Waals surface area contributed by atoms with E-state index in [0.717, 1.165) is 0 Å². The molecule has 0 saturated carbocycles. The molecular formula is C19H22N4O3. The summed E-state index contributed by atoms with van der Waals surface area (Å²) in [5.41, 5.74) is 1.63. The van der Waals surface area contributed by atoms with E-state index < -0.39 is 0 Å². The molecule has 0 atom stereocenters. The van der Waals surface area contributed by atoms with Crippen molar-refractivity contribution < 1.29 is 14.4 Å². The lowest BCUT2D eigenvalue weighted by Gasteiger charge is -2.10. The third-order valence-corrected chi connectivity index (χ3v) is 3.30. The highest BCUT2D eigenvalue weighted by Crippen LogP contribution is 2.11. The predicted octanol–water partition coefficient (Wildman–Crippen LogP) is 2.58. The zero-order valence-corrected chi connectivity index (χ0v) is 14.7. The Labute approximate surface area is 152 Å². The number of carbonyl (C=O) groups excluding carboxylic acids is 3. The average molecular weight is 354 g/mol. The molecule has 0 unspecified atom stereocenters. The summed E-state index contributed by atoms with van der Waals surface area (Å²) < 4.78 is 0. The van der Waals surface area contributed by atoms with Crippen molar-refractivity contribution in [2.75, 3.05) is 17.2 Å². The molecule has 0 spiro atoms. The summed E-state index contributed by atoms with van der Waals surface area (Å²) in [5, 5.41) is 10.6. The molecule has 0 saturated heterocycles. The molecule has 0 aliphatic rings. The quantitative estimate of drug-likeness (QED) is 0.641. The van der Waals surface area contributed by atoms with Crippen LogP contribution in [0.25, 0.3) is 0 Å². The molecule has 0 radical (unpaired) electrons. The highest BCUT2D eigenvalue weighted by Gasteiger charge is 2.09. The molecule has 0 aliphatic carbocycles. The van der Waals surface area contributed by atoms with Crippen molar-refractivity contribution in [2.24, 2.45) is 0 Å². The predicted molar refractivity (Wildman–Crippen MR) is 101 cm³/mol. The Kier molecular flexibility index (Phi) is 6.73. The SMILES string of the molecule is CC(C)NC(=O)CNC(=O)c1ccc(NC(=O)Nc2ccccc2)cc1. The lowest BCUT2D eigenvalue weighted by Crippen LogP contribution is -2.39. The number of anilines is 2. The fourth-order valence-corrected chi connectivity index (χ4v) is 2.16. The molecule has 0 fully saturated rings. The van der Waals surface area contributed by atoms with E-state index in [1.54, 1.807) is 36.4 Å². The minimum atomic E-state index is -0.376. The van der Waals surface area contributed by atoms with Crippen LogP contribution in [0.3, 0.4) is 0 Å². The van der Waals surface area contributed by atoms with E-state index in [-0.39, 0.29) is 30.4 Å². The lowest BCUT2D eigenvalue weighted by molar-refractivity contribution is -0.120. The summed E-state index contributed by atoms with van der Waals surface area (Å²) in [6.45, 7) is 3.61. The van der Waals surface area contributed by atoms with Crippen LogP contribution in [0.5, 0.6) is 0 Å². The van der Waals surface area contributed by atoms with Crippen LogP contribution in [0.1, 0.15) is 24.2 Å². The first-order valence-electron chi connectivity index (χ1n) is 8.24. The molecule has 4 amide bonds. The van der Waals surface area contributed by atoms with Crippen molar-refractivity contribution in [1.29, 1.82) is 0 Å². The van der Waals surface area contributed by atoms with Gasteiger partial charge in [0.15, 0.2) is 0 Å². The summed E-state index contributed by atoms with van der Waals surface area (Å²) in [6, 6.07) is 15.1. The minimum Gasteiger partial charge on any atom is -0.352 e. The lowest BCUT2D eigenvalue weighted by atomic mass is 10.2. The monoisotopic (exact) mass is 354 g/mol. The first-order valence-corrected chi connectivity index (χ1v) is 8.24. The van der Waals surface area contributed by atoms with Crippen molar-refractivity contribution in [3.05, 3.63) is 60.2 Å². The van der Waals surface area contributed by atoms with Crippen molar-refractivity contribution in [1.82, 2.24) is 10.6 Å². The van der Waals surface area contributed by atoms with Crippen molar-refractivity contribution >= 4 is 29.2 Å². The third kappa shape index (κ3) is 6.27. The van der Waals surface area contributed by atoms with Crippen LogP contribution in [0.15, 0.2) is 54.6 Å². The van der Waals surface area contributed by atoms with Gasteiger partial charge in [0.1, 0.15) is 0 Å². The number of carbonyl (C=O) groups is 3. The van der Waals surface area contributed by atoms with Crippen LogP contribution in [0.2, 0.25) is 0 Å². The van der Waals surface area contributed by atoms with Crippen LogP contribution < -0.4 is 21.3 Å². The van der Waals surface area contributed by atoms with Gasteiger partial charge in [0.25, 0.3) is 5.91 Å². The molecule has 0 aromatic heterocycles. The highest BCUT2D eigenvalue weighted by atomic mass is 16.2. The fourth-order valence-electron chi connectivity index (χ4n) is 2.16. The minimum absolute atomic E-state index is 0.0202. The Bertz CT molecular complexity index is 758. The van der Waals surface area contributed by atoms with Gasteiger partial charge in [0.05, 0.1) is 6.54 Å². The number of hydrogen-bond acceptors (Lipinski definition) is 3. The summed E-state index contributed by atoms with van der Waals surface area (Å²) >= 11 is 0. The Morgan fingerprint density at radius 3 is 2.00 bits per heavy atom. The van der Waals surface area contributed by atoms with E-state index in [9.17, 15) is 14.4 Å². The van der Waals surface area contributed by atoms with Gasteiger partial charge in [-0.3, -0.25) is 9.59 Å². The number of amides is 4. The Hall–Kier alpha value is -3.35. The first-order chi connectivity index (χ1) is 12.4. The number of para-hydroxylation sites is 1. The molecule has 4 N–H and O–H groups in total. The van der Waals surface area contributed by atoms with Crippen LogP contribution in [0.4, 0.5) is 16.2 Å². The van der Waals surface area contributed by atoms with Gasteiger partial charge >= 0.3 is 6.03 Å². The van der Waals surface area contributed by atoms with E-state index in [2.05, 4.69) is 21.3 Å². The van der Waals surface area contributed by atoms with Crippen LogP contribution >= 0.6 is 0 Å². The Balaban J connectivity index is 1.84. The van der Waals surface area contributed by atoms with Gasteiger partial charge in [0.2, 0.25) is 5.91 Å². The standard InChI is InChI=1S/C19H22N4O3/c1-13(2)21-17(24)12-20-18(25)14-8-10-16(11-9-14)23-19(26)22-15-6-4-3-5-7-15/h3-11,13H,12H2,1-2H3,(H,20,25)(H,21,24)(H2,22,23,26). The number of urea groups is 1. The zero-order chi connectivity index (χ0) is 18.9. The maximum absolute atomic E-state index is 12.0. The van der Waals surface area contributed by atoms with Gasteiger partial charge in [-0.15, -0.1) is 0 Å². The maximum atomic E-state index is 12.0. The molecule has 7 nitrogen and oxygen atoms in total. The largest absolute Gasteiger partial charge is 0.352 e. The Morgan fingerprint density at radius 2 is 1.42 bits per heavy atom. The number of rotatable bonds is 6. The van der Waals surface area contributed by atoms with Crippen LogP contribution in [0, 0.1) is 0 Å². The van der Waals surface area contributed by atoms with Gasteiger partial charge in [-0.1, -0.05) is 18.2 Å². The van der Waals surface area contributed by atoms with E-state index in [0.29, 0.717) is 16.9 Å². The molecule has 2 rings (SSSR count). The smallest absolute Gasteiger partial charge is 0.323 e. The van der Waals surface area contributed by atoms with Crippen LogP contribution in [-0.4, -0.2) is 30.4 Å². The van der Waals surface area contributed by atoms with Gasteiger partial charge in [-0.05, 0) is 50.2 Å².